The standard InChI is InChI=1S/C12H27NO/c1-6-11(4)12(5)13-7-8-14-9-10(2)3/h10-13H,6-9H2,1-5H3. The molecule has 0 aliphatic heterocycles. The lowest BCUT2D eigenvalue weighted by molar-refractivity contribution is 0.109. The highest BCUT2D eigenvalue weighted by Crippen LogP contribution is 2.05. The van der Waals surface area contributed by atoms with E-state index in [1.807, 2.05) is 0 Å². The molecule has 86 valence electrons. The molecule has 0 fully saturated rings. The lowest BCUT2D eigenvalue weighted by Crippen LogP contribution is -2.34. The molecule has 1 N–H and O–H groups in total. The molecule has 0 aromatic heterocycles. The molecule has 2 heteroatoms. The number of hydrogen-bond donors (Lipinski definition) is 1. The van der Waals surface area contributed by atoms with Gasteiger partial charge in [0, 0.05) is 19.2 Å². The molecule has 0 amide bonds. The van der Waals surface area contributed by atoms with Gasteiger partial charge in [-0.2, -0.15) is 0 Å². The second kappa shape index (κ2) is 8.25. The van der Waals surface area contributed by atoms with Gasteiger partial charge in [-0.1, -0.05) is 34.1 Å². The molecule has 0 aromatic rings. The van der Waals surface area contributed by atoms with Gasteiger partial charge in [-0.05, 0) is 18.8 Å². The highest BCUT2D eigenvalue weighted by molar-refractivity contribution is 4.66. The molecular weight excluding hydrogens is 174 g/mol. The predicted molar refractivity (Wildman–Crippen MR) is 62.6 cm³/mol. The first kappa shape index (κ1) is 13.9. The predicted octanol–water partition coefficient (Wildman–Crippen LogP) is 2.68. The van der Waals surface area contributed by atoms with Crippen molar-refractivity contribution in [3.63, 3.8) is 0 Å². The van der Waals surface area contributed by atoms with Gasteiger partial charge < -0.3 is 10.1 Å². The Balaban J connectivity index is 3.27. The maximum Gasteiger partial charge on any atom is 0.0591 e. The van der Waals surface area contributed by atoms with Crippen LogP contribution >= 0.6 is 0 Å². The van der Waals surface area contributed by atoms with Crippen LogP contribution in [0.25, 0.3) is 0 Å². The first-order valence-electron chi connectivity index (χ1n) is 5.89. The summed E-state index contributed by atoms with van der Waals surface area (Å²) in [7, 11) is 0. The molecule has 0 rings (SSSR count). The summed E-state index contributed by atoms with van der Waals surface area (Å²) in [6, 6.07) is 0.600. The van der Waals surface area contributed by atoms with Gasteiger partial charge in [0.2, 0.25) is 0 Å². The Kier molecular flexibility index (Phi) is 8.20. The minimum Gasteiger partial charge on any atom is -0.380 e. The second-order valence-corrected chi connectivity index (χ2v) is 4.60. The van der Waals surface area contributed by atoms with Crippen molar-refractivity contribution in [2.75, 3.05) is 19.8 Å². The topological polar surface area (TPSA) is 21.3 Å². The van der Waals surface area contributed by atoms with Crippen LogP contribution in [0.1, 0.15) is 41.0 Å². The third-order valence-electron chi connectivity index (χ3n) is 2.66. The van der Waals surface area contributed by atoms with Gasteiger partial charge in [0.25, 0.3) is 0 Å². The first-order chi connectivity index (χ1) is 6.57. The van der Waals surface area contributed by atoms with Crippen molar-refractivity contribution in [1.82, 2.24) is 5.32 Å². The van der Waals surface area contributed by atoms with Gasteiger partial charge in [0.05, 0.1) is 6.61 Å². The Bertz CT molecular complexity index is 125. The Morgan fingerprint density at radius 3 is 2.29 bits per heavy atom. The summed E-state index contributed by atoms with van der Waals surface area (Å²) in [4.78, 5) is 0. The van der Waals surface area contributed by atoms with Crippen LogP contribution in [-0.2, 0) is 4.74 Å². The van der Waals surface area contributed by atoms with Crippen molar-refractivity contribution in [2.24, 2.45) is 11.8 Å². The molecule has 0 aromatic carbocycles. The van der Waals surface area contributed by atoms with Gasteiger partial charge >= 0.3 is 0 Å². The third kappa shape index (κ3) is 7.34. The minimum atomic E-state index is 0.600. The zero-order valence-electron chi connectivity index (χ0n) is 10.5. The molecule has 0 aliphatic rings. The number of ether oxygens (including phenoxy) is 1. The monoisotopic (exact) mass is 201 g/mol. The Labute approximate surface area is 89.4 Å². The fraction of sp³-hybridized carbons (Fsp3) is 1.00. The van der Waals surface area contributed by atoms with Crippen LogP contribution < -0.4 is 5.32 Å². The van der Waals surface area contributed by atoms with Gasteiger partial charge in [-0.3, -0.25) is 0 Å². The average Bonchev–Trinajstić information content (AvgIpc) is 2.15. The largest absolute Gasteiger partial charge is 0.380 e. The summed E-state index contributed by atoms with van der Waals surface area (Å²) < 4.78 is 5.50. The van der Waals surface area contributed by atoms with E-state index in [-0.39, 0.29) is 0 Å². The van der Waals surface area contributed by atoms with E-state index in [0.717, 1.165) is 25.7 Å². The van der Waals surface area contributed by atoms with Gasteiger partial charge in [0.1, 0.15) is 0 Å². The molecule has 0 radical (unpaired) electrons. The van der Waals surface area contributed by atoms with Crippen LogP contribution in [0, 0.1) is 11.8 Å². The van der Waals surface area contributed by atoms with E-state index >= 15 is 0 Å². The highest BCUT2D eigenvalue weighted by Gasteiger charge is 2.08. The van der Waals surface area contributed by atoms with E-state index in [9.17, 15) is 0 Å². The molecular formula is C12H27NO. The summed E-state index contributed by atoms with van der Waals surface area (Å²) in [5.74, 6) is 1.39. The number of rotatable bonds is 8. The van der Waals surface area contributed by atoms with E-state index in [1.54, 1.807) is 0 Å². The summed E-state index contributed by atoms with van der Waals surface area (Å²) >= 11 is 0. The third-order valence-corrected chi connectivity index (χ3v) is 2.66. The Morgan fingerprint density at radius 2 is 1.79 bits per heavy atom. The summed E-state index contributed by atoms with van der Waals surface area (Å²) in [5.41, 5.74) is 0. The lowest BCUT2D eigenvalue weighted by atomic mass is 10.0. The van der Waals surface area contributed by atoms with E-state index in [2.05, 4.69) is 39.9 Å². The molecule has 0 bridgehead atoms. The van der Waals surface area contributed by atoms with E-state index < -0.39 is 0 Å². The zero-order chi connectivity index (χ0) is 11.0. The normalized spacial score (nSPS) is 15.9. The van der Waals surface area contributed by atoms with Crippen molar-refractivity contribution in [2.45, 2.75) is 47.1 Å². The van der Waals surface area contributed by atoms with Crippen LogP contribution in [0.4, 0.5) is 0 Å². The number of hydrogen-bond acceptors (Lipinski definition) is 2. The van der Waals surface area contributed by atoms with Crippen molar-refractivity contribution >= 4 is 0 Å². The molecule has 0 saturated heterocycles. The highest BCUT2D eigenvalue weighted by atomic mass is 16.5. The van der Waals surface area contributed by atoms with Crippen LogP contribution in [-0.4, -0.2) is 25.8 Å². The fourth-order valence-electron chi connectivity index (χ4n) is 1.23. The maximum atomic E-state index is 5.50. The molecule has 0 saturated carbocycles. The SMILES string of the molecule is CCC(C)C(C)NCCOCC(C)C. The van der Waals surface area contributed by atoms with Crippen LogP contribution in [0.15, 0.2) is 0 Å². The van der Waals surface area contributed by atoms with Crippen molar-refractivity contribution in [3.8, 4) is 0 Å². The maximum absolute atomic E-state index is 5.50. The summed E-state index contributed by atoms with van der Waals surface area (Å²) in [5, 5.41) is 3.48. The second-order valence-electron chi connectivity index (χ2n) is 4.60. The van der Waals surface area contributed by atoms with Crippen LogP contribution in [0.3, 0.4) is 0 Å². The molecule has 0 spiro atoms. The molecule has 2 nitrogen and oxygen atoms in total. The van der Waals surface area contributed by atoms with Crippen molar-refractivity contribution in [1.29, 1.82) is 0 Å². The van der Waals surface area contributed by atoms with Crippen molar-refractivity contribution in [3.05, 3.63) is 0 Å². The van der Waals surface area contributed by atoms with Crippen LogP contribution in [0.5, 0.6) is 0 Å². The smallest absolute Gasteiger partial charge is 0.0591 e. The quantitative estimate of drug-likeness (QED) is 0.610. The van der Waals surface area contributed by atoms with Gasteiger partial charge in [-0.15, -0.1) is 0 Å². The average molecular weight is 201 g/mol. The zero-order valence-corrected chi connectivity index (χ0v) is 10.5. The minimum absolute atomic E-state index is 0.600. The Morgan fingerprint density at radius 1 is 1.14 bits per heavy atom. The van der Waals surface area contributed by atoms with E-state index in [1.165, 1.54) is 6.42 Å². The van der Waals surface area contributed by atoms with Gasteiger partial charge in [-0.25, -0.2) is 0 Å². The van der Waals surface area contributed by atoms with Gasteiger partial charge in [0.15, 0.2) is 0 Å². The number of nitrogens with one attached hydrogen (secondary N) is 1. The lowest BCUT2D eigenvalue weighted by Gasteiger charge is -2.19. The van der Waals surface area contributed by atoms with Crippen LogP contribution in [0.2, 0.25) is 0 Å². The molecule has 14 heavy (non-hydrogen) atoms. The fourth-order valence-corrected chi connectivity index (χ4v) is 1.23. The molecule has 0 heterocycles. The van der Waals surface area contributed by atoms with Crippen molar-refractivity contribution < 1.29 is 4.74 Å². The Hall–Kier alpha value is -0.0800. The first-order valence-corrected chi connectivity index (χ1v) is 5.89. The molecule has 2 unspecified atom stereocenters. The molecule has 0 aliphatic carbocycles. The molecule has 2 atom stereocenters. The summed E-state index contributed by atoms with van der Waals surface area (Å²) in [6.07, 6.45) is 1.24. The van der Waals surface area contributed by atoms with E-state index in [4.69, 9.17) is 4.74 Å². The van der Waals surface area contributed by atoms with E-state index in [0.29, 0.717) is 12.0 Å². The summed E-state index contributed by atoms with van der Waals surface area (Å²) in [6.45, 7) is 13.8.